The molecule has 1 N–H and O–H groups in total. The maximum absolute atomic E-state index is 11.2. The van der Waals surface area contributed by atoms with Crippen molar-refractivity contribution < 1.29 is 14.6 Å². The second-order valence-electron chi connectivity index (χ2n) is 8.36. The van der Waals surface area contributed by atoms with Crippen molar-refractivity contribution in [1.82, 2.24) is 4.90 Å². The van der Waals surface area contributed by atoms with Gasteiger partial charge in [-0.3, -0.25) is 0 Å². The van der Waals surface area contributed by atoms with Crippen LogP contribution in [0.3, 0.4) is 0 Å². The van der Waals surface area contributed by atoms with Crippen LogP contribution in [-0.2, 0) is 0 Å². The smallest absolute Gasteiger partial charge is 0.335 e. The maximum Gasteiger partial charge on any atom is 0.335 e. The standard InChI is InChI=1S/C24H29ClN2O3/c25-20-4-6-22(7-5-20)30-23-10-12-26(13-11-23)17-18-8-14-27(15-9-18)21-3-1-2-19(16-21)24(28)29/h1-7,16,18,23H,8-15,17H2,(H,28,29). The molecule has 2 heterocycles. The van der Waals surface area contributed by atoms with Gasteiger partial charge in [0.2, 0.25) is 0 Å². The molecule has 0 bridgehead atoms. The predicted octanol–water partition coefficient (Wildman–Crippen LogP) is 4.80. The van der Waals surface area contributed by atoms with Gasteiger partial charge in [0.15, 0.2) is 0 Å². The van der Waals surface area contributed by atoms with Crippen LogP contribution < -0.4 is 9.64 Å². The molecule has 0 amide bonds. The summed E-state index contributed by atoms with van der Waals surface area (Å²) in [6.45, 7) is 5.29. The molecular weight excluding hydrogens is 400 g/mol. The minimum absolute atomic E-state index is 0.283. The molecule has 2 aliphatic rings. The van der Waals surface area contributed by atoms with Gasteiger partial charge in [0, 0.05) is 43.4 Å². The number of rotatable bonds is 6. The summed E-state index contributed by atoms with van der Waals surface area (Å²) in [5.41, 5.74) is 1.38. The lowest BCUT2D eigenvalue weighted by atomic mass is 9.94. The zero-order chi connectivity index (χ0) is 20.9. The molecule has 0 aliphatic carbocycles. The minimum Gasteiger partial charge on any atom is -0.490 e. The number of nitrogens with zero attached hydrogens (tertiary/aromatic N) is 2. The van der Waals surface area contributed by atoms with E-state index in [0.29, 0.717) is 11.5 Å². The first-order valence-electron chi connectivity index (χ1n) is 10.8. The molecule has 2 saturated heterocycles. The molecule has 2 fully saturated rings. The molecule has 0 atom stereocenters. The van der Waals surface area contributed by atoms with Crippen molar-refractivity contribution in [3.05, 3.63) is 59.1 Å². The first-order valence-corrected chi connectivity index (χ1v) is 11.2. The average Bonchev–Trinajstić information content (AvgIpc) is 2.77. The van der Waals surface area contributed by atoms with E-state index < -0.39 is 5.97 Å². The Morgan fingerprint density at radius 1 is 1.00 bits per heavy atom. The molecule has 0 saturated carbocycles. The number of hydrogen-bond donors (Lipinski definition) is 1. The van der Waals surface area contributed by atoms with Crippen molar-refractivity contribution in [3.63, 3.8) is 0 Å². The number of aromatic carboxylic acids is 1. The number of likely N-dealkylation sites (tertiary alicyclic amines) is 1. The van der Waals surface area contributed by atoms with E-state index in [2.05, 4.69) is 9.80 Å². The Morgan fingerprint density at radius 2 is 1.70 bits per heavy atom. The molecule has 2 aliphatic heterocycles. The maximum atomic E-state index is 11.2. The minimum atomic E-state index is -0.866. The molecule has 5 nitrogen and oxygen atoms in total. The van der Waals surface area contributed by atoms with E-state index in [0.717, 1.165) is 74.9 Å². The number of hydrogen-bond acceptors (Lipinski definition) is 4. The van der Waals surface area contributed by atoms with Crippen molar-refractivity contribution in [1.29, 1.82) is 0 Å². The Bertz CT molecular complexity index is 842. The van der Waals surface area contributed by atoms with Crippen LogP contribution >= 0.6 is 11.6 Å². The molecule has 2 aromatic rings. The number of piperidine rings is 2. The van der Waals surface area contributed by atoms with Gasteiger partial charge < -0.3 is 19.6 Å². The molecular formula is C24H29ClN2O3. The number of carbonyl (C=O) groups is 1. The van der Waals surface area contributed by atoms with Gasteiger partial charge in [0.25, 0.3) is 0 Å². The van der Waals surface area contributed by atoms with E-state index in [1.807, 2.05) is 36.4 Å². The number of carboxylic acid groups (broad SMARTS) is 1. The van der Waals surface area contributed by atoms with Crippen LogP contribution in [-0.4, -0.2) is 54.8 Å². The molecule has 30 heavy (non-hydrogen) atoms. The molecule has 2 aromatic carbocycles. The molecule has 0 radical (unpaired) electrons. The highest BCUT2D eigenvalue weighted by atomic mass is 35.5. The first kappa shape index (κ1) is 21.0. The lowest BCUT2D eigenvalue weighted by Crippen LogP contribution is -2.43. The van der Waals surface area contributed by atoms with Crippen molar-refractivity contribution >= 4 is 23.3 Å². The number of carboxylic acids is 1. The Morgan fingerprint density at radius 3 is 2.37 bits per heavy atom. The van der Waals surface area contributed by atoms with Crippen LogP contribution in [0, 0.1) is 5.92 Å². The van der Waals surface area contributed by atoms with Crippen molar-refractivity contribution in [3.8, 4) is 5.75 Å². The van der Waals surface area contributed by atoms with Crippen LogP contribution in [0.2, 0.25) is 5.02 Å². The van der Waals surface area contributed by atoms with Crippen LogP contribution in [0.5, 0.6) is 5.75 Å². The molecule has 0 spiro atoms. The lowest BCUT2D eigenvalue weighted by molar-refractivity contribution is 0.0697. The Kier molecular flexibility index (Phi) is 6.80. The summed E-state index contributed by atoms with van der Waals surface area (Å²) in [4.78, 5) is 16.1. The average molecular weight is 429 g/mol. The summed E-state index contributed by atoms with van der Waals surface area (Å²) < 4.78 is 6.10. The molecule has 0 aromatic heterocycles. The summed E-state index contributed by atoms with van der Waals surface area (Å²) in [5, 5.41) is 9.94. The second kappa shape index (κ2) is 9.71. The highest BCUT2D eigenvalue weighted by molar-refractivity contribution is 6.30. The van der Waals surface area contributed by atoms with Gasteiger partial charge in [-0.1, -0.05) is 17.7 Å². The van der Waals surface area contributed by atoms with Gasteiger partial charge in [0.1, 0.15) is 11.9 Å². The third-order valence-electron chi connectivity index (χ3n) is 6.24. The van der Waals surface area contributed by atoms with Crippen LogP contribution in [0.1, 0.15) is 36.0 Å². The normalized spacial score (nSPS) is 19.0. The number of halogens is 1. The van der Waals surface area contributed by atoms with Gasteiger partial charge in [-0.05, 0) is 74.1 Å². The van der Waals surface area contributed by atoms with Gasteiger partial charge >= 0.3 is 5.97 Å². The number of benzene rings is 2. The zero-order valence-electron chi connectivity index (χ0n) is 17.2. The lowest BCUT2D eigenvalue weighted by Gasteiger charge is -2.38. The van der Waals surface area contributed by atoms with E-state index in [1.54, 1.807) is 12.1 Å². The fourth-order valence-corrected chi connectivity index (χ4v) is 4.62. The Hall–Kier alpha value is -2.24. The summed E-state index contributed by atoms with van der Waals surface area (Å²) in [6.07, 6.45) is 4.70. The summed E-state index contributed by atoms with van der Waals surface area (Å²) in [7, 11) is 0. The topological polar surface area (TPSA) is 53.0 Å². The van der Waals surface area contributed by atoms with E-state index in [9.17, 15) is 9.90 Å². The van der Waals surface area contributed by atoms with Crippen LogP contribution in [0.4, 0.5) is 5.69 Å². The van der Waals surface area contributed by atoms with E-state index in [-0.39, 0.29) is 6.10 Å². The largest absolute Gasteiger partial charge is 0.490 e. The SMILES string of the molecule is O=C(O)c1cccc(N2CCC(CN3CCC(Oc4ccc(Cl)cc4)CC3)CC2)c1. The highest BCUT2D eigenvalue weighted by Gasteiger charge is 2.25. The summed E-state index contributed by atoms with van der Waals surface area (Å²) >= 11 is 5.94. The quantitative estimate of drug-likeness (QED) is 0.716. The third kappa shape index (κ3) is 5.46. The number of anilines is 1. The number of ether oxygens (including phenoxy) is 1. The monoisotopic (exact) mass is 428 g/mol. The molecule has 6 heteroatoms. The van der Waals surface area contributed by atoms with Gasteiger partial charge in [-0.15, -0.1) is 0 Å². The first-order chi connectivity index (χ1) is 14.6. The van der Waals surface area contributed by atoms with Gasteiger partial charge in [-0.25, -0.2) is 4.79 Å². The highest BCUT2D eigenvalue weighted by Crippen LogP contribution is 2.26. The van der Waals surface area contributed by atoms with Crippen molar-refractivity contribution in [2.45, 2.75) is 31.8 Å². The van der Waals surface area contributed by atoms with Gasteiger partial charge in [-0.2, -0.15) is 0 Å². The molecule has 4 rings (SSSR count). The van der Waals surface area contributed by atoms with Gasteiger partial charge in [0.05, 0.1) is 5.56 Å². The van der Waals surface area contributed by atoms with E-state index in [1.165, 1.54) is 0 Å². The fraction of sp³-hybridized carbons (Fsp3) is 0.458. The van der Waals surface area contributed by atoms with E-state index in [4.69, 9.17) is 16.3 Å². The predicted molar refractivity (Wildman–Crippen MR) is 120 cm³/mol. The molecule has 160 valence electrons. The molecule has 0 unspecified atom stereocenters. The fourth-order valence-electron chi connectivity index (χ4n) is 4.49. The van der Waals surface area contributed by atoms with Crippen LogP contribution in [0.25, 0.3) is 0 Å². The van der Waals surface area contributed by atoms with Crippen LogP contribution in [0.15, 0.2) is 48.5 Å². The zero-order valence-corrected chi connectivity index (χ0v) is 17.9. The van der Waals surface area contributed by atoms with Crippen molar-refractivity contribution in [2.75, 3.05) is 37.6 Å². The van der Waals surface area contributed by atoms with Crippen molar-refractivity contribution in [2.24, 2.45) is 5.92 Å². The summed E-state index contributed by atoms with van der Waals surface area (Å²) in [5.74, 6) is 0.741. The second-order valence-corrected chi connectivity index (χ2v) is 8.79. The van der Waals surface area contributed by atoms with E-state index >= 15 is 0 Å². The summed E-state index contributed by atoms with van der Waals surface area (Å²) in [6, 6.07) is 14.9. The Labute approximate surface area is 183 Å². The Balaban J connectivity index is 1.20. The third-order valence-corrected chi connectivity index (χ3v) is 6.49.